The van der Waals surface area contributed by atoms with Crippen molar-refractivity contribution in [2.45, 2.75) is 50.9 Å². The Morgan fingerprint density at radius 3 is 2.31 bits per heavy atom. The summed E-state index contributed by atoms with van der Waals surface area (Å²) in [5.74, 6) is 0. The van der Waals surface area contributed by atoms with Crippen LogP contribution in [0.15, 0.2) is 0 Å². The lowest BCUT2D eigenvalue weighted by Crippen LogP contribution is -2.42. The van der Waals surface area contributed by atoms with Crippen molar-refractivity contribution in [3.05, 3.63) is 0 Å². The molecule has 0 radical (unpaired) electrons. The van der Waals surface area contributed by atoms with Crippen molar-refractivity contribution in [2.75, 3.05) is 13.1 Å². The topological polar surface area (TPSA) is 35.5 Å². The summed E-state index contributed by atoms with van der Waals surface area (Å²) < 4.78 is 0. The third kappa shape index (κ3) is 2.22. The Kier molecular flexibility index (Phi) is 3.19. The van der Waals surface area contributed by atoms with Crippen LogP contribution in [0.4, 0.5) is 0 Å². The summed E-state index contributed by atoms with van der Waals surface area (Å²) in [7, 11) is 0. The molecule has 13 heavy (non-hydrogen) atoms. The lowest BCUT2D eigenvalue weighted by atomic mass is 10.1. The first-order chi connectivity index (χ1) is 6.38. The Hall–Kier alpha value is -0.120. The summed E-state index contributed by atoms with van der Waals surface area (Å²) in [5.41, 5.74) is 0. The Bertz CT molecular complexity index is 155. The zero-order valence-corrected chi connectivity index (χ0v) is 8.21. The monoisotopic (exact) mass is 184 g/mol. The van der Waals surface area contributed by atoms with Gasteiger partial charge in [-0.2, -0.15) is 0 Å². The van der Waals surface area contributed by atoms with Gasteiger partial charge in [0.05, 0.1) is 0 Å². The molecule has 0 aromatic carbocycles. The molecular formula is C10H20N2O. The first-order valence-electron chi connectivity index (χ1n) is 5.55. The van der Waals surface area contributed by atoms with Crippen LogP contribution < -0.4 is 5.32 Å². The van der Waals surface area contributed by atoms with E-state index in [9.17, 15) is 5.11 Å². The van der Waals surface area contributed by atoms with E-state index < -0.39 is 0 Å². The van der Waals surface area contributed by atoms with Gasteiger partial charge >= 0.3 is 0 Å². The van der Waals surface area contributed by atoms with Crippen LogP contribution in [-0.4, -0.2) is 35.5 Å². The molecular weight excluding hydrogens is 164 g/mol. The number of aliphatic hydroxyl groups excluding tert-OH is 1. The summed E-state index contributed by atoms with van der Waals surface area (Å²) in [6.07, 6.45) is 7.63. The SMILES string of the molecule is OC1NCCN1C1CCCCCC1. The minimum Gasteiger partial charge on any atom is -0.365 e. The van der Waals surface area contributed by atoms with Gasteiger partial charge in [-0.25, -0.2) is 0 Å². The van der Waals surface area contributed by atoms with E-state index in [1.807, 2.05) is 0 Å². The van der Waals surface area contributed by atoms with Crippen molar-refractivity contribution in [2.24, 2.45) is 0 Å². The van der Waals surface area contributed by atoms with Crippen LogP contribution in [0, 0.1) is 0 Å². The van der Waals surface area contributed by atoms with Gasteiger partial charge in [0.25, 0.3) is 0 Å². The van der Waals surface area contributed by atoms with E-state index in [0.717, 1.165) is 13.1 Å². The van der Waals surface area contributed by atoms with Crippen LogP contribution in [0.1, 0.15) is 38.5 Å². The molecule has 0 amide bonds. The fourth-order valence-electron chi connectivity index (χ4n) is 2.53. The lowest BCUT2D eigenvalue weighted by Gasteiger charge is -2.28. The number of rotatable bonds is 1. The molecule has 0 aromatic heterocycles. The van der Waals surface area contributed by atoms with Crippen molar-refractivity contribution in [1.82, 2.24) is 10.2 Å². The van der Waals surface area contributed by atoms with Gasteiger partial charge in [0.2, 0.25) is 0 Å². The maximum absolute atomic E-state index is 9.65. The summed E-state index contributed by atoms with van der Waals surface area (Å²) in [6, 6.07) is 0.632. The van der Waals surface area contributed by atoms with Gasteiger partial charge in [0.15, 0.2) is 6.35 Å². The molecule has 1 saturated heterocycles. The van der Waals surface area contributed by atoms with Gasteiger partial charge in [-0.05, 0) is 12.8 Å². The van der Waals surface area contributed by atoms with Gasteiger partial charge in [-0.15, -0.1) is 0 Å². The molecule has 1 aliphatic heterocycles. The predicted octanol–water partition coefficient (Wildman–Crippen LogP) is 0.890. The standard InChI is InChI=1S/C10H20N2O/c13-10-11-7-8-12(10)9-5-3-1-2-4-6-9/h9-11,13H,1-8H2. The highest BCUT2D eigenvalue weighted by Crippen LogP contribution is 2.23. The maximum Gasteiger partial charge on any atom is 0.163 e. The van der Waals surface area contributed by atoms with Gasteiger partial charge in [0, 0.05) is 19.1 Å². The second-order valence-corrected chi connectivity index (χ2v) is 4.21. The molecule has 1 atom stereocenters. The third-order valence-electron chi connectivity index (χ3n) is 3.30. The van der Waals surface area contributed by atoms with Crippen LogP contribution in [0.2, 0.25) is 0 Å². The average molecular weight is 184 g/mol. The molecule has 2 fully saturated rings. The van der Waals surface area contributed by atoms with Crippen molar-refractivity contribution >= 4 is 0 Å². The Morgan fingerprint density at radius 1 is 1.08 bits per heavy atom. The minimum absolute atomic E-state index is 0.372. The highest BCUT2D eigenvalue weighted by atomic mass is 16.3. The molecule has 3 nitrogen and oxygen atoms in total. The third-order valence-corrected chi connectivity index (χ3v) is 3.30. The number of aliphatic hydroxyl groups is 1. The van der Waals surface area contributed by atoms with Crippen LogP contribution >= 0.6 is 0 Å². The fraction of sp³-hybridized carbons (Fsp3) is 1.00. The molecule has 2 rings (SSSR count). The first-order valence-corrected chi connectivity index (χ1v) is 5.55. The van der Waals surface area contributed by atoms with Crippen molar-refractivity contribution in [3.63, 3.8) is 0 Å². The fourth-order valence-corrected chi connectivity index (χ4v) is 2.53. The Morgan fingerprint density at radius 2 is 1.77 bits per heavy atom. The van der Waals surface area contributed by atoms with Crippen molar-refractivity contribution < 1.29 is 5.11 Å². The summed E-state index contributed by atoms with van der Waals surface area (Å²) in [5, 5.41) is 12.7. The molecule has 3 heteroatoms. The average Bonchev–Trinajstić information content (AvgIpc) is 2.43. The smallest absolute Gasteiger partial charge is 0.163 e. The molecule has 2 aliphatic rings. The highest BCUT2D eigenvalue weighted by molar-refractivity contribution is 4.80. The first kappa shape index (κ1) is 9.44. The lowest BCUT2D eigenvalue weighted by molar-refractivity contribution is -0.00940. The van der Waals surface area contributed by atoms with Gasteiger partial charge < -0.3 is 5.11 Å². The molecule has 2 N–H and O–H groups in total. The predicted molar refractivity (Wildman–Crippen MR) is 52.2 cm³/mol. The second-order valence-electron chi connectivity index (χ2n) is 4.21. The minimum atomic E-state index is -0.372. The van der Waals surface area contributed by atoms with Crippen molar-refractivity contribution in [1.29, 1.82) is 0 Å². The number of hydrogen-bond donors (Lipinski definition) is 2. The quantitative estimate of drug-likeness (QED) is 0.594. The number of nitrogens with one attached hydrogen (secondary N) is 1. The van der Waals surface area contributed by atoms with Crippen LogP contribution in [0.5, 0.6) is 0 Å². The second kappa shape index (κ2) is 4.40. The highest BCUT2D eigenvalue weighted by Gasteiger charge is 2.28. The number of nitrogens with zero attached hydrogens (tertiary/aromatic N) is 1. The maximum atomic E-state index is 9.65. The van der Waals surface area contributed by atoms with E-state index in [2.05, 4.69) is 10.2 Å². The van der Waals surface area contributed by atoms with Crippen LogP contribution in [-0.2, 0) is 0 Å². The summed E-state index contributed by atoms with van der Waals surface area (Å²) >= 11 is 0. The molecule has 0 spiro atoms. The van der Waals surface area contributed by atoms with E-state index >= 15 is 0 Å². The number of hydrogen-bond acceptors (Lipinski definition) is 3. The van der Waals surface area contributed by atoms with E-state index in [0.29, 0.717) is 6.04 Å². The molecule has 76 valence electrons. The zero-order chi connectivity index (χ0) is 9.10. The molecule has 0 bridgehead atoms. The van der Waals surface area contributed by atoms with E-state index in [4.69, 9.17) is 0 Å². The van der Waals surface area contributed by atoms with Crippen molar-refractivity contribution in [3.8, 4) is 0 Å². The molecule has 0 aromatic rings. The van der Waals surface area contributed by atoms with Gasteiger partial charge in [0.1, 0.15) is 0 Å². The summed E-state index contributed by atoms with van der Waals surface area (Å²) in [4.78, 5) is 2.23. The van der Waals surface area contributed by atoms with E-state index in [-0.39, 0.29) is 6.35 Å². The molecule has 1 aliphatic carbocycles. The largest absolute Gasteiger partial charge is 0.365 e. The Balaban J connectivity index is 1.89. The van der Waals surface area contributed by atoms with Crippen LogP contribution in [0.3, 0.4) is 0 Å². The van der Waals surface area contributed by atoms with E-state index in [1.54, 1.807) is 0 Å². The summed E-state index contributed by atoms with van der Waals surface area (Å²) in [6.45, 7) is 1.96. The van der Waals surface area contributed by atoms with Crippen LogP contribution in [0.25, 0.3) is 0 Å². The van der Waals surface area contributed by atoms with E-state index in [1.165, 1.54) is 38.5 Å². The molecule has 1 heterocycles. The zero-order valence-electron chi connectivity index (χ0n) is 8.21. The molecule has 1 saturated carbocycles. The van der Waals surface area contributed by atoms with Gasteiger partial charge in [-0.3, -0.25) is 10.2 Å². The normalized spacial score (nSPS) is 33.5. The van der Waals surface area contributed by atoms with Gasteiger partial charge in [-0.1, -0.05) is 25.7 Å². The molecule has 1 unspecified atom stereocenters. The Labute approximate surface area is 80.1 Å².